The third-order valence-corrected chi connectivity index (χ3v) is 2.56. The second kappa shape index (κ2) is 7.27. The quantitative estimate of drug-likeness (QED) is 0.220. The maximum absolute atomic E-state index is 8.75. The van der Waals surface area contributed by atoms with Gasteiger partial charge in [0.05, 0.1) is 5.71 Å². The Morgan fingerprint density at radius 2 is 1.73 bits per heavy atom. The number of oxime groups is 1. The highest BCUT2D eigenvalue weighted by molar-refractivity contribution is 5.85. The Hall–Kier alpha value is -1.05. The van der Waals surface area contributed by atoms with Crippen molar-refractivity contribution in [2.24, 2.45) is 11.1 Å². The maximum atomic E-state index is 8.75. The summed E-state index contributed by atoms with van der Waals surface area (Å²) >= 11 is 0. The zero-order chi connectivity index (χ0) is 11.8. The monoisotopic (exact) mass is 209 g/mol. The number of unbranched alkanes of at least 4 members (excludes halogenated alkanes) is 1. The topological polar surface area (TPSA) is 32.6 Å². The van der Waals surface area contributed by atoms with Gasteiger partial charge in [-0.15, -0.1) is 0 Å². The molecule has 15 heavy (non-hydrogen) atoms. The van der Waals surface area contributed by atoms with Crippen LogP contribution >= 0.6 is 0 Å². The Morgan fingerprint density at radius 1 is 1.20 bits per heavy atom. The Morgan fingerprint density at radius 3 is 2.13 bits per heavy atom. The molecule has 0 radical (unpaired) electrons. The summed E-state index contributed by atoms with van der Waals surface area (Å²) in [5, 5.41) is 12.1. The van der Waals surface area contributed by atoms with Crippen molar-refractivity contribution < 1.29 is 5.21 Å². The fourth-order valence-corrected chi connectivity index (χ4v) is 1.31. The zero-order valence-electron chi connectivity index (χ0n) is 10.2. The molecule has 86 valence electrons. The first-order chi connectivity index (χ1) is 6.99. The SMILES string of the molecule is C=C(C)C(=C)CCCC/C(=N\O)C(C)C. The summed E-state index contributed by atoms with van der Waals surface area (Å²) in [6.45, 7) is 13.9. The smallest absolute Gasteiger partial charge is 0.0596 e. The van der Waals surface area contributed by atoms with Crippen LogP contribution in [0.3, 0.4) is 0 Å². The molecule has 0 aromatic carbocycles. The summed E-state index contributed by atoms with van der Waals surface area (Å²) in [5.41, 5.74) is 3.08. The van der Waals surface area contributed by atoms with E-state index in [4.69, 9.17) is 5.21 Å². The highest BCUT2D eigenvalue weighted by atomic mass is 16.4. The molecule has 0 aromatic rings. The van der Waals surface area contributed by atoms with Crippen LogP contribution in [0.15, 0.2) is 29.5 Å². The molecule has 2 nitrogen and oxygen atoms in total. The van der Waals surface area contributed by atoms with Gasteiger partial charge in [0.25, 0.3) is 0 Å². The van der Waals surface area contributed by atoms with E-state index in [9.17, 15) is 0 Å². The number of allylic oxidation sites excluding steroid dienone is 2. The van der Waals surface area contributed by atoms with Gasteiger partial charge >= 0.3 is 0 Å². The van der Waals surface area contributed by atoms with Crippen molar-refractivity contribution in [3.8, 4) is 0 Å². The highest BCUT2D eigenvalue weighted by Crippen LogP contribution is 2.15. The van der Waals surface area contributed by atoms with E-state index in [1.807, 2.05) is 20.8 Å². The van der Waals surface area contributed by atoms with E-state index in [2.05, 4.69) is 18.3 Å². The molecule has 0 atom stereocenters. The van der Waals surface area contributed by atoms with Crippen molar-refractivity contribution in [1.29, 1.82) is 0 Å². The van der Waals surface area contributed by atoms with Crippen LogP contribution in [-0.2, 0) is 0 Å². The van der Waals surface area contributed by atoms with Gasteiger partial charge in [0.1, 0.15) is 0 Å². The van der Waals surface area contributed by atoms with Crippen LogP contribution in [0.25, 0.3) is 0 Å². The molecule has 0 amide bonds. The summed E-state index contributed by atoms with van der Waals surface area (Å²) in [6, 6.07) is 0. The van der Waals surface area contributed by atoms with Crippen LogP contribution in [0.5, 0.6) is 0 Å². The van der Waals surface area contributed by atoms with Gasteiger partial charge in [0, 0.05) is 0 Å². The second-order valence-electron chi connectivity index (χ2n) is 4.34. The third-order valence-electron chi connectivity index (χ3n) is 2.56. The van der Waals surface area contributed by atoms with Gasteiger partial charge < -0.3 is 5.21 Å². The van der Waals surface area contributed by atoms with E-state index in [0.717, 1.165) is 42.5 Å². The lowest BCUT2D eigenvalue weighted by molar-refractivity contribution is 0.314. The molecule has 0 bridgehead atoms. The Balaban J connectivity index is 3.72. The molecule has 0 unspecified atom stereocenters. The lowest BCUT2D eigenvalue weighted by atomic mass is 9.99. The number of nitrogens with zero attached hydrogens (tertiary/aromatic N) is 1. The Kier molecular flexibility index (Phi) is 6.76. The molecule has 0 fully saturated rings. The first-order valence-corrected chi connectivity index (χ1v) is 5.53. The van der Waals surface area contributed by atoms with Crippen LogP contribution < -0.4 is 0 Å². The minimum absolute atomic E-state index is 0.333. The van der Waals surface area contributed by atoms with E-state index in [1.165, 1.54) is 0 Å². The lowest BCUT2D eigenvalue weighted by Crippen LogP contribution is -2.07. The number of hydrogen-bond donors (Lipinski definition) is 1. The summed E-state index contributed by atoms with van der Waals surface area (Å²) in [4.78, 5) is 0. The fourth-order valence-electron chi connectivity index (χ4n) is 1.31. The number of hydrogen-bond acceptors (Lipinski definition) is 2. The average Bonchev–Trinajstić information content (AvgIpc) is 2.16. The molecular formula is C13H23NO. The highest BCUT2D eigenvalue weighted by Gasteiger charge is 2.05. The van der Waals surface area contributed by atoms with E-state index in [-0.39, 0.29) is 0 Å². The molecule has 0 aliphatic heterocycles. The molecule has 0 saturated carbocycles. The van der Waals surface area contributed by atoms with E-state index in [1.54, 1.807) is 0 Å². The van der Waals surface area contributed by atoms with Crippen molar-refractivity contribution in [2.75, 3.05) is 0 Å². The minimum Gasteiger partial charge on any atom is -0.411 e. The maximum Gasteiger partial charge on any atom is 0.0596 e. The first kappa shape index (κ1) is 13.9. The molecule has 0 saturated heterocycles. The molecule has 0 heterocycles. The summed E-state index contributed by atoms with van der Waals surface area (Å²) < 4.78 is 0. The van der Waals surface area contributed by atoms with Gasteiger partial charge in [0.15, 0.2) is 0 Å². The third kappa shape index (κ3) is 6.10. The summed E-state index contributed by atoms with van der Waals surface area (Å²) in [7, 11) is 0. The van der Waals surface area contributed by atoms with Gasteiger partial charge in [-0.3, -0.25) is 0 Å². The molecular weight excluding hydrogens is 186 g/mol. The van der Waals surface area contributed by atoms with Crippen LogP contribution in [-0.4, -0.2) is 10.9 Å². The Labute approximate surface area is 93.4 Å². The van der Waals surface area contributed by atoms with Crippen LogP contribution in [0.1, 0.15) is 46.5 Å². The molecule has 0 spiro atoms. The van der Waals surface area contributed by atoms with E-state index < -0.39 is 0 Å². The first-order valence-electron chi connectivity index (χ1n) is 5.53. The van der Waals surface area contributed by atoms with E-state index >= 15 is 0 Å². The largest absolute Gasteiger partial charge is 0.411 e. The molecule has 1 N–H and O–H groups in total. The average molecular weight is 209 g/mol. The van der Waals surface area contributed by atoms with Gasteiger partial charge in [-0.2, -0.15) is 0 Å². The van der Waals surface area contributed by atoms with Crippen LogP contribution in [0.2, 0.25) is 0 Å². The predicted molar refractivity (Wildman–Crippen MR) is 66.5 cm³/mol. The molecule has 0 aliphatic carbocycles. The van der Waals surface area contributed by atoms with E-state index in [0.29, 0.717) is 5.92 Å². The summed E-state index contributed by atoms with van der Waals surface area (Å²) in [5.74, 6) is 0.333. The molecule has 0 aromatic heterocycles. The predicted octanol–water partition coefficient (Wildman–Crippen LogP) is 4.17. The molecule has 0 aliphatic rings. The second-order valence-corrected chi connectivity index (χ2v) is 4.34. The summed E-state index contributed by atoms with van der Waals surface area (Å²) in [6.07, 6.45) is 3.99. The zero-order valence-corrected chi connectivity index (χ0v) is 10.2. The molecule has 0 rings (SSSR count). The van der Waals surface area contributed by atoms with Gasteiger partial charge in [-0.25, -0.2) is 0 Å². The normalized spacial score (nSPS) is 11.9. The van der Waals surface area contributed by atoms with Gasteiger partial charge in [0.2, 0.25) is 0 Å². The Bertz CT molecular complexity index is 251. The van der Waals surface area contributed by atoms with Crippen LogP contribution in [0, 0.1) is 5.92 Å². The van der Waals surface area contributed by atoms with Gasteiger partial charge in [-0.1, -0.05) is 43.3 Å². The minimum atomic E-state index is 0.333. The van der Waals surface area contributed by atoms with Crippen LogP contribution in [0.4, 0.5) is 0 Å². The number of rotatable bonds is 7. The van der Waals surface area contributed by atoms with Crippen molar-refractivity contribution >= 4 is 5.71 Å². The van der Waals surface area contributed by atoms with Crippen molar-refractivity contribution in [2.45, 2.75) is 46.5 Å². The van der Waals surface area contributed by atoms with Crippen molar-refractivity contribution in [3.05, 3.63) is 24.3 Å². The van der Waals surface area contributed by atoms with Crippen molar-refractivity contribution in [3.63, 3.8) is 0 Å². The van der Waals surface area contributed by atoms with Crippen molar-refractivity contribution in [1.82, 2.24) is 0 Å². The van der Waals surface area contributed by atoms with Gasteiger partial charge in [-0.05, 0) is 38.5 Å². The molecule has 2 heteroatoms. The fraction of sp³-hybridized carbons (Fsp3) is 0.615. The standard InChI is InChI=1S/C13H23NO/c1-10(2)12(5)8-6-7-9-13(14-15)11(3)4/h11,15H,1,5-9H2,2-4H3/b14-13+. The lowest BCUT2D eigenvalue weighted by Gasteiger charge is -2.08.